The number of likely N-dealkylation sites (tertiary alicyclic amines) is 1. The fraction of sp³-hybridized carbons (Fsp3) is 1.00. The van der Waals surface area contributed by atoms with Crippen LogP contribution >= 0.6 is 11.8 Å². The van der Waals surface area contributed by atoms with E-state index in [2.05, 4.69) is 42.3 Å². The van der Waals surface area contributed by atoms with Gasteiger partial charge in [-0.15, -0.1) is 0 Å². The van der Waals surface area contributed by atoms with Crippen LogP contribution < -0.4 is 5.73 Å². The Morgan fingerprint density at radius 2 is 2.05 bits per heavy atom. The minimum atomic E-state index is 0.277. The molecule has 2 N–H and O–H groups in total. The van der Waals surface area contributed by atoms with Crippen LogP contribution in [0.25, 0.3) is 0 Å². The minimum absolute atomic E-state index is 0.277. The summed E-state index contributed by atoms with van der Waals surface area (Å²) in [5.41, 5.74) is 6.52. The molecule has 0 bridgehead atoms. The summed E-state index contributed by atoms with van der Waals surface area (Å²) in [5, 5.41) is 0.765. The molecule has 2 unspecified atom stereocenters. The number of nitrogens with two attached hydrogens (primary N) is 1. The van der Waals surface area contributed by atoms with Crippen molar-refractivity contribution in [3.8, 4) is 0 Å². The normalized spacial score (nSPS) is 35.5. The summed E-state index contributed by atoms with van der Waals surface area (Å²) in [6, 6.07) is 0.671. The third-order valence-electron chi connectivity index (χ3n) is 4.97. The SMILES string of the molecule is CC1CN(C2(CN)CCCN(C(C)C)CC2)CCS1. The first-order valence-corrected chi connectivity index (χ1v) is 8.93. The lowest BCUT2D eigenvalue weighted by Crippen LogP contribution is -2.58. The molecule has 2 heterocycles. The number of hydrogen-bond acceptors (Lipinski definition) is 4. The molecular formula is C15H31N3S. The fourth-order valence-electron chi connectivity index (χ4n) is 3.61. The molecule has 0 amide bonds. The molecule has 4 heteroatoms. The van der Waals surface area contributed by atoms with E-state index in [1.807, 2.05) is 0 Å². The maximum absolute atomic E-state index is 6.24. The van der Waals surface area contributed by atoms with Gasteiger partial charge in [0.1, 0.15) is 0 Å². The van der Waals surface area contributed by atoms with E-state index in [-0.39, 0.29) is 5.54 Å². The molecule has 3 nitrogen and oxygen atoms in total. The van der Waals surface area contributed by atoms with E-state index in [4.69, 9.17) is 5.73 Å². The molecule has 2 atom stereocenters. The highest BCUT2D eigenvalue weighted by atomic mass is 32.2. The van der Waals surface area contributed by atoms with Crippen LogP contribution in [0.3, 0.4) is 0 Å². The molecule has 0 aromatic heterocycles. The van der Waals surface area contributed by atoms with Gasteiger partial charge in [-0.25, -0.2) is 0 Å². The molecule has 0 saturated carbocycles. The van der Waals surface area contributed by atoms with Crippen molar-refractivity contribution < 1.29 is 0 Å². The third kappa shape index (κ3) is 3.66. The zero-order chi connectivity index (χ0) is 13.9. The Labute approximate surface area is 123 Å². The van der Waals surface area contributed by atoms with Gasteiger partial charge in [-0.05, 0) is 39.7 Å². The van der Waals surface area contributed by atoms with Crippen LogP contribution in [-0.4, -0.2) is 65.1 Å². The number of rotatable bonds is 3. The predicted octanol–water partition coefficient (Wildman–Crippen LogP) is 2.02. The van der Waals surface area contributed by atoms with Crippen molar-refractivity contribution in [2.24, 2.45) is 5.73 Å². The van der Waals surface area contributed by atoms with Gasteiger partial charge in [0.25, 0.3) is 0 Å². The largest absolute Gasteiger partial charge is 0.329 e. The van der Waals surface area contributed by atoms with Gasteiger partial charge in [-0.3, -0.25) is 4.90 Å². The van der Waals surface area contributed by atoms with E-state index in [0.717, 1.165) is 11.8 Å². The highest BCUT2D eigenvalue weighted by Gasteiger charge is 2.38. The van der Waals surface area contributed by atoms with E-state index < -0.39 is 0 Å². The van der Waals surface area contributed by atoms with Gasteiger partial charge in [-0.2, -0.15) is 11.8 Å². The fourth-order valence-corrected chi connectivity index (χ4v) is 4.63. The first-order chi connectivity index (χ1) is 9.07. The number of hydrogen-bond donors (Lipinski definition) is 1. The summed E-state index contributed by atoms with van der Waals surface area (Å²) < 4.78 is 0. The van der Waals surface area contributed by atoms with Crippen LogP contribution in [0.2, 0.25) is 0 Å². The van der Waals surface area contributed by atoms with Gasteiger partial charge in [-0.1, -0.05) is 6.92 Å². The Kier molecular flexibility index (Phi) is 5.58. The molecule has 0 radical (unpaired) electrons. The second-order valence-corrected chi connectivity index (χ2v) is 8.09. The van der Waals surface area contributed by atoms with E-state index in [1.165, 1.54) is 51.2 Å². The van der Waals surface area contributed by atoms with Gasteiger partial charge in [0.2, 0.25) is 0 Å². The standard InChI is InChI=1S/C15H31N3S/c1-13(2)17-7-4-5-15(12-16,6-8-17)18-9-10-19-14(3)11-18/h13-14H,4-12,16H2,1-3H3. The molecule has 0 aliphatic carbocycles. The van der Waals surface area contributed by atoms with Crippen molar-refractivity contribution in [3.63, 3.8) is 0 Å². The number of thioether (sulfide) groups is 1. The third-order valence-corrected chi connectivity index (χ3v) is 6.11. The highest BCUT2D eigenvalue weighted by molar-refractivity contribution is 7.99. The monoisotopic (exact) mass is 285 g/mol. The van der Waals surface area contributed by atoms with Crippen molar-refractivity contribution in [2.45, 2.75) is 56.9 Å². The summed E-state index contributed by atoms with van der Waals surface area (Å²) >= 11 is 2.11. The molecule has 19 heavy (non-hydrogen) atoms. The van der Waals surface area contributed by atoms with Crippen molar-refractivity contribution in [2.75, 3.05) is 38.5 Å². The first-order valence-electron chi connectivity index (χ1n) is 7.88. The summed E-state index contributed by atoms with van der Waals surface area (Å²) in [7, 11) is 0. The topological polar surface area (TPSA) is 32.5 Å². The quantitative estimate of drug-likeness (QED) is 0.860. The van der Waals surface area contributed by atoms with Crippen molar-refractivity contribution in [3.05, 3.63) is 0 Å². The molecule has 2 aliphatic heterocycles. The van der Waals surface area contributed by atoms with Gasteiger partial charge in [0, 0.05) is 48.8 Å². The summed E-state index contributed by atoms with van der Waals surface area (Å²) in [6.45, 7) is 12.7. The first kappa shape index (κ1) is 15.6. The van der Waals surface area contributed by atoms with Crippen LogP contribution in [-0.2, 0) is 0 Å². The minimum Gasteiger partial charge on any atom is -0.329 e. The molecule has 0 aromatic rings. The Hall–Kier alpha value is 0.230. The number of nitrogens with zero attached hydrogens (tertiary/aromatic N) is 2. The van der Waals surface area contributed by atoms with Gasteiger partial charge in [0.15, 0.2) is 0 Å². The molecule has 2 saturated heterocycles. The van der Waals surface area contributed by atoms with Crippen LogP contribution in [0.4, 0.5) is 0 Å². The lowest BCUT2D eigenvalue weighted by atomic mass is 9.88. The van der Waals surface area contributed by atoms with Crippen molar-refractivity contribution >= 4 is 11.8 Å². The average Bonchev–Trinajstić information content (AvgIpc) is 2.62. The Bertz CT molecular complexity index is 285. The average molecular weight is 286 g/mol. The van der Waals surface area contributed by atoms with E-state index >= 15 is 0 Å². The molecule has 2 fully saturated rings. The molecule has 2 rings (SSSR count). The molecule has 112 valence electrons. The van der Waals surface area contributed by atoms with Crippen LogP contribution in [0.15, 0.2) is 0 Å². The van der Waals surface area contributed by atoms with Crippen LogP contribution in [0, 0.1) is 0 Å². The van der Waals surface area contributed by atoms with Gasteiger partial charge < -0.3 is 10.6 Å². The van der Waals surface area contributed by atoms with E-state index in [1.54, 1.807) is 0 Å². The molecule has 2 aliphatic rings. The Morgan fingerprint density at radius 3 is 2.68 bits per heavy atom. The summed E-state index contributed by atoms with van der Waals surface area (Å²) in [6.07, 6.45) is 3.83. The maximum Gasteiger partial charge on any atom is 0.0345 e. The van der Waals surface area contributed by atoms with Gasteiger partial charge >= 0.3 is 0 Å². The zero-order valence-corrected chi connectivity index (χ0v) is 13.7. The maximum atomic E-state index is 6.24. The van der Waals surface area contributed by atoms with Crippen molar-refractivity contribution in [1.82, 2.24) is 9.80 Å². The van der Waals surface area contributed by atoms with E-state index in [9.17, 15) is 0 Å². The van der Waals surface area contributed by atoms with E-state index in [0.29, 0.717) is 6.04 Å². The predicted molar refractivity (Wildman–Crippen MR) is 85.8 cm³/mol. The Balaban J connectivity index is 2.05. The summed E-state index contributed by atoms with van der Waals surface area (Å²) in [5.74, 6) is 1.27. The van der Waals surface area contributed by atoms with Gasteiger partial charge in [0.05, 0.1) is 0 Å². The molecule has 0 spiro atoms. The van der Waals surface area contributed by atoms with Crippen LogP contribution in [0.5, 0.6) is 0 Å². The second-order valence-electron chi connectivity index (χ2n) is 6.54. The second kappa shape index (κ2) is 6.79. The molecule has 0 aromatic carbocycles. The van der Waals surface area contributed by atoms with Crippen LogP contribution in [0.1, 0.15) is 40.0 Å². The lowest BCUT2D eigenvalue weighted by molar-refractivity contribution is 0.0812. The zero-order valence-electron chi connectivity index (χ0n) is 12.9. The lowest BCUT2D eigenvalue weighted by Gasteiger charge is -2.46. The van der Waals surface area contributed by atoms with Crippen molar-refractivity contribution in [1.29, 1.82) is 0 Å². The smallest absolute Gasteiger partial charge is 0.0345 e. The Morgan fingerprint density at radius 1 is 1.26 bits per heavy atom. The highest BCUT2D eigenvalue weighted by Crippen LogP contribution is 2.32. The summed E-state index contributed by atoms with van der Waals surface area (Å²) in [4.78, 5) is 5.34. The molecular weight excluding hydrogens is 254 g/mol.